The van der Waals surface area contributed by atoms with Gasteiger partial charge >= 0.3 is 0 Å². The van der Waals surface area contributed by atoms with Gasteiger partial charge in [-0.3, -0.25) is 0 Å². The van der Waals surface area contributed by atoms with Gasteiger partial charge in [-0.2, -0.15) is 0 Å². The number of hydrogen-bond donors (Lipinski definition) is 2. The Balaban J connectivity index is 2.56. The van der Waals surface area contributed by atoms with Crippen molar-refractivity contribution in [2.75, 3.05) is 11.6 Å². The predicted octanol–water partition coefficient (Wildman–Crippen LogP) is 2.48. The molecule has 1 heterocycles. The summed E-state index contributed by atoms with van der Waals surface area (Å²) in [5, 5.41) is 0. The highest BCUT2D eigenvalue weighted by Crippen LogP contribution is 2.28. The number of imidazole rings is 1. The Morgan fingerprint density at radius 3 is 2.65 bits per heavy atom. The molecule has 0 saturated heterocycles. The highest BCUT2D eigenvalue weighted by Gasteiger charge is 2.13. The van der Waals surface area contributed by atoms with Crippen molar-refractivity contribution in [3.8, 4) is 11.3 Å². The molecule has 0 aliphatic rings. The van der Waals surface area contributed by atoms with Crippen LogP contribution in [0.3, 0.4) is 0 Å². The van der Waals surface area contributed by atoms with E-state index >= 15 is 0 Å². The van der Waals surface area contributed by atoms with E-state index in [1.807, 2.05) is 32.0 Å². The van der Waals surface area contributed by atoms with E-state index in [9.17, 15) is 0 Å². The minimum Gasteiger partial charge on any atom is -0.382 e. The smallest absolute Gasteiger partial charge is 0.150 e. The summed E-state index contributed by atoms with van der Waals surface area (Å²) in [6.45, 7) is 4.04. The largest absolute Gasteiger partial charge is 0.382 e. The van der Waals surface area contributed by atoms with Crippen molar-refractivity contribution in [2.24, 2.45) is 0 Å². The molecule has 4 nitrogen and oxygen atoms in total. The molecule has 0 atom stereocenters. The maximum Gasteiger partial charge on any atom is 0.150 e. The summed E-state index contributed by atoms with van der Waals surface area (Å²) in [5.74, 6) is 7.12. The number of benzene rings is 1. The molecule has 0 fully saturated rings. The number of rotatable bonds is 2. The fraction of sp³-hybridized carbons (Fsp3) is 0.250. The first-order chi connectivity index (χ1) is 8.04. The fourth-order valence-corrected chi connectivity index (χ4v) is 2.07. The highest BCUT2D eigenvalue weighted by atomic mass is 79.9. The zero-order valence-corrected chi connectivity index (χ0v) is 11.5. The molecule has 0 saturated carbocycles. The summed E-state index contributed by atoms with van der Waals surface area (Å²) in [6, 6.07) is 6.03. The lowest BCUT2D eigenvalue weighted by atomic mass is 10.1. The number of hydrogen-bond acceptors (Lipinski definition) is 3. The van der Waals surface area contributed by atoms with Crippen molar-refractivity contribution in [1.29, 1.82) is 0 Å². The van der Waals surface area contributed by atoms with Gasteiger partial charge in [0.15, 0.2) is 5.82 Å². The Hall–Kier alpha value is -1.49. The van der Waals surface area contributed by atoms with Crippen molar-refractivity contribution in [3.63, 3.8) is 0 Å². The van der Waals surface area contributed by atoms with Crippen LogP contribution in [0.15, 0.2) is 22.7 Å². The van der Waals surface area contributed by atoms with Gasteiger partial charge in [-0.25, -0.2) is 9.66 Å². The van der Waals surface area contributed by atoms with Gasteiger partial charge in [-0.05, 0) is 18.6 Å². The molecule has 0 bridgehead atoms. The molecule has 0 aliphatic carbocycles. The molecule has 1 aromatic heterocycles. The zero-order valence-electron chi connectivity index (χ0n) is 9.87. The SMILES string of the molecule is CCc1nc(-c2ccc(C)c(Br)c2)c(N)n1N. The second-order valence-corrected chi connectivity index (χ2v) is 4.80. The normalized spacial score (nSPS) is 10.8. The molecule has 2 rings (SSSR count). The Kier molecular flexibility index (Phi) is 3.11. The van der Waals surface area contributed by atoms with Gasteiger partial charge < -0.3 is 11.6 Å². The van der Waals surface area contributed by atoms with E-state index in [0.29, 0.717) is 5.82 Å². The molecule has 0 radical (unpaired) electrons. The van der Waals surface area contributed by atoms with Gasteiger partial charge in [-0.1, -0.05) is 35.0 Å². The second-order valence-electron chi connectivity index (χ2n) is 3.95. The molecular weight excluding hydrogens is 280 g/mol. The first kappa shape index (κ1) is 12.0. The Labute approximate surface area is 109 Å². The third-order valence-electron chi connectivity index (χ3n) is 2.78. The summed E-state index contributed by atoms with van der Waals surface area (Å²) in [4.78, 5) is 4.46. The molecule has 17 heavy (non-hydrogen) atoms. The molecule has 1 aromatic carbocycles. The number of aryl methyl sites for hydroxylation is 2. The predicted molar refractivity (Wildman–Crippen MR) is 74.0 cm³/mol. The average molecular weight is 295 g/mol. The molecule has 90 valence electrons. The Bertz CT molecular complexity index is 560. The van der Waals surface area contributed by atoms with Gasteiger partial charge in [0.25, 0.3) is 0 Å². The number of halogens is 1. The van der Waals surface area contributed by atoms with Gasteiger partial charge in [0.05, 0.1) is 0 Å². The molecule has 0 spiro atoms. The van der Waals surface area contributed by atoms with Crippen molar-refractivity contribution in [1.82, 2.24) is 9.66 Å². The molecule has 4 N–H and O–H groups in total. The van der Waals surface area contributed by atoms with Crippen molar-refractivity contribution in [2.45, 2.75) is 20.3 Å². The zero-order chi connectivity index (χ0) is 12.6. The van der Waals surface area contributed by atoms with Crippen LogP contribution in [0, 0.1) is 6.92 Å². The topological polar surface area (TPSA) is 69.9 Å². The second kappa shape index (κ2) is 4.41. The third-order valence-corrected chi connectivity index (χ3v) is 3.64. The van der Waals surface area contributed by atoms with E-state index in [0.717, 1.165) is 28.0 Å². The van der Waals surface area contributed by atoms with Crippen LogP contribution in [0.25, 0.3) is 11.3 Å². The van der Waals surface area contributed by atoms with Crippen LogP contribution in [0.2, 0.25) is 0 Å². The average Bonchev–Trinajstić information content (AvgIpc) is 2.60. The maximum atomic E-state index is 5.96. The van der Waals surface area contributed by atoms with E-state index < -0.39 is 0 Å². The first-order valence-electron chi connectivity index (χ1n) is 5.43. The first-order valence-corrected chi connectivity index (χ1v) is 6.22. The number of anilines is 1. The number of nitrogen functional groups attached to an aromatic ring is 2. The number of nitrogens with zero attached hydrogens (tertiary/aromatic N) is 2. The lowest BCUT2D eigenvalue weighted by molar-refractivity contribution is 0.865. The summed E-state index contributed by atoms with van der Waals surface area (Å²) in [7, 11) is 0. The minimum absolute atomic E-state index is 0.498. The Morgan fingerprint density at radius 1 is 1.41 bits per heavy atom. The van der Waals surface area contributed by atoms with Gasteiger partial charge in [0, 0.05) is 16.5 Å². The van der Waals surface area contributed by atoms with Crippen LogP contribution in [0.1, 0.15) is 18.3 Å². The molecule has 0 amide bonds. The highest BCUT2D eigenvalue weighted by molar-refractivity contribution is 9.10. The van der Waals surface area contributed by atoms with Crippen LogP contribution in [-0.2, 0) is 6.42 Å². The van der Waals surface area contributed by atoms with Crippen molar-refractivity contribution in [3.05, 3.63) is 34.1 Å². The summed E-state index contributed by atoms with van der Waals surface area (Å²) >= 11 is 3.50. The molecule has 2 aromatic rings. The number of aromatic nitrogens is 2. The lowest BCUT2D eigenvalue weighted by Crippen LogP contribution is -2.14. The van der Waals surface area contributed by atoms with Crippen LogP contribution < -0.4 is 11.6 Å². The minimum atomic E-state index is 0.498. The monoisotopic (exact) mass is 294 g/mol. The van der Waals surface area contributed by atoms with E-state index in [-0.39, 0.29) is 0 Å². The molecule has 5 heteroatoms. The van der Waals surface area contributed by atoms with Gasteiger partial charge in [0.1, 0.15) is 11.5 Å². The van der Waals surface area contributed by atoms with Gasteiger partial charge in [0.2, 0.25) is 0 Å². The fourth-order valence-electron chi connectivity index (χ4n) is 1.70. The van der Waals surface area contributed by atoms with Gasteiger partial charge in [-0.15, -0.1) is 0 Å². The summed E-state index contributed by atoms with van der Waals surface area (Å²) < 4.78 is 2.49. The van der Waals surface area contributed by atoms with Crippen LogP contribution >= 0.6 is 15.9 Å². The summed E-state index contributed by atoms with van der Waals surface area (Å²) in [6.07, 6.45) is 0.758. The van der Waals surface area contributed by atoms with Crippen LogP contribution in [-0.4, -0.2) is 9.66 Å². The van der Waals surface area contributed by atoms with Crippen molar-refractivity contribution < 1.29 is 0 Å². The molecular formula is C12H15BrN4. The van der Waals surface area contributed by atoms with Crippen LogP contribution in [0.4, 0.5) is 5.82 Å². The van der Waals surface area contributed by atoms with E-state index in [4.69, 9.17) is 11.6 Å². The maximum absolute atomic E-state index is 5.96. The number of nitrogens with two attached hydrogens (primary N) is 2. The summed E-state index contributed by atoms with van der Waals surface area (Å²) in [5.41, 5.74) is 8.85. The standard InChI is InChI=1S/C12H15BrN4/c1-3-10-16-11(12(14)17(10)15)8-5-4-7(2)9(13)6-8/h4-6H,3,14-15H2,1-2H3. The van der Waals surface area contributed by atoms with E-state index in [1.165, 1.54) is 10.2 Å². The lowest BCUT2D eigenvalue weighted by Gasteiger charge is -2.03. The van der Waals surface area contributed by atoms with E-state index in [2.05, 4.69) is 20.9 Å². The third kappa shape index (κ3) is 2.02. The van der Waals surface area contributed by atoms with Crippen LogP contribution in [0.5, 0.6) is 0 Å². The Morgan fingerprint density at radius 2 is 2.12 bits per heavy atom. The molecule has 0 aliphatic heterocycles. The quantitative estimate of drug-likeness (QED) is 0.836. The van der Waals surface area contributed by atoms with Crippen molar-refractivity contribution >= 4 is 21.7 Å². The molecule has 0 unspecified atom stereocenters. The van der Waals surface area contributed by atoms with E-state index in [1.54, 1.807) is 0 Å².